The molecule has 0 amide bonds. The van der Waals surface area contributed by atoms with E-state index in [-0.39, 0.29) is 5.60 Å². The van der Waals surface area contributed by atoms with Crippen molar-refractivity contribution in [3.63, 3.8) is 0 Å². The van der Waals surface area contributed by atoms with Crippen molar-refractivity contribution in [1.82, 2.24) is 5.32 Å². The van der Waals surface area contributed by atoms with Crippen LogP contribution in [-0.4, -0.2) is 39.0 Å². The second-order valence-corrected chi connectivity index (χ2v) is 6.18. The summed E-state index contributed by atoms with van der Waals surface area (Å²) in [6.07, 6.45) is 7.52. The van der Waals surface area contributed by atoms with Gasteiger partial charge in [-0.2, -0.15) is 0 Å². The Kier molecular flexibility index (Phi) is 5.05. The molecule has 0 bridgehead atoms. The standard InChI is InChI=1S/C15H29NO2/c1-12-5-4-6-13(11-12)14(16-2)15(17-3)7-9-18-10-8-15/h12-14,16H,4-11H2,1-3H3. The highest BCUT2D eigenvalue weighted by Crippen LogP contribution is 2.39. The summed E-state index contributed by atoms with van der Waals surface area (Å²) < 4.78 is 11.5. The molecule has 106 valence electrons. The molecule has 1 heterocycles. The Hall–Kier alpha value is -0.120. The van der Waals surface area contributed by atoms with Gasteiger partial charge in [0, 0.05) is 39.2 Å². The number of likely N-dealkylation sites (N-methyl/N-ethyl adjacent to an activating group) is 1. The van der Waals surface area contributed by atoms with E-state index in [9.17, 15) is 0 Å². The first-order chi connectivity index (χ1) is 8.72. The third kappa shape index (κ3) is 2.89. The quantitative estimate of drug-likeness (QED) is 0.837. The molecule has 3 nitrogen and oxygen atoms in total. The SMILES string of the molecule is CNC(C1CCCC(C)C1)C1(OC)CCOCC1. The smallest absolute Gasteiger partial charge is 0.0877 e. The molecule has 0 aromatic heterocycles. The molecule has 1 N–H and O–H groups in total. The van der Waals surface area contributed by atoms with Crippen molar-refractivity contribution in [2.45, 2.75) is 57.1 Å². The molecule has 1 saturated heterocycles. The van der Waals surface area contributed by atoms with Crippen molar-refractivity contribution in [2.24, 2.45) is 11.8 Å². The topological polar surface area (TPSA) is 30.5 Å². The maximum Gasteiger partial charge on any atom is 0.0877 e. The van der Waals surface area contributed by atoms with E-state index in [2.05, 4.69) is 19.3 Å². The van der Waals surface area contributed by atoms with Crippen molar-refractivity contribution in [3.8, 4) is 0 Å². The average molecular weight is 255 g/mol. The lowest BCUT2D eigenvalue weighted by Crippen LogP contribution is -2.58. The number of ether oxygens (including phenoxy) is 2. The first-order valence-corrected chi connectivity index (χ1v) is 7.52. The zero-order chi connectivity index (χ0) is 13.0. The summed E-state index contributed by atoms with van der Waals surface area (Å²) in [7, 11) is 3.97. The zero-order valence-electron chi connectivity index (χ0n) is 12.2. The fourth-order valence-corrected chi connectivity index (χ4v) is 4.07. The summed E-state index contributed by atoms with van der Waals surface area (Å²) in [6, 6.07) is 0.481. The molecule has 18 heavy (non-hydrogen) atoms. The Morgan fingerprint density at radius 3 is 2.56 bits per heavy atom. The van der Waals surface area contributed by atoms with Gasteiger partial charge in [-0.05, 0) is 31.7 Å². The van der Waals surface area contributed by atoms with Crippen LogP contribution in [0.3, 0.4) is 0 Å². The van der Waals surface area contributed by atoms with Gasteiger partial charge in [-0.25, -0.2) is 0 Å². The zero-order valence-corrected chi connectivity index (χ0v) is 12.2. The lowest BCUT2D eigenvalue weighted by Gasteiger charge is -2.47. The molecule has 1 aliphatic carbocycles. The van der Waals surface area contributed by atoms with Crippen molar-refractivity contribution in [2.75, 3.05) is 27.4 Å². The molecule has 3 unspecified atom stereocenters. The van der Waals surface area contributed by atoms with Gasteiger partial charge in [0.2, 0.25) is 0 Å². The van der Waals surface area contributed by atoms with E-state index in [4.69, 9.17) is 9.47 Å². The van der Waals surface area contributed by atoms with Crippen LogP contribution in [0.2, 0.25) is 0 Å². The van der Waals surface area contributed by atoms with Crippen LogP contribution < -0.4 is 5.32 Å². The fraction of sp³-hybridized carbons (Fsp3) is 1.00. The molecule has 0 spiro atoms. The number of hydrogen-bond acceptors (Lipinski definition) is 3. The average Bonchev–Trinajstić information content (AvgIpc) is 2.41. The molecule has 2 aliphatic rings. The van der Waals surface area contributed by atoms with Crippen LogP contribution in [0.1, 0.15) is 45.4 Å². The lowest BCUT2D eigenvalue weighted by molar-refractivity contribution is -0.122. The second kappa shape index (κ2) is 6.36. The third-order valence-electron chi connectivity index (χ3n) is 5.07. The van der Waals surface area contributed by atoms with Gasteiger partial charge in [0.15, 0.2) is 0 Å². The van der Waals surface area contributed by atoms with E-state index in [1.54, 1.807) is 0 Å². The summed E-state index contributed by atoms with van der Waals surface area (Å²) in [5.41, 5.74) is -0.00523. The molecule has 3 heteroatoms. The molecule has 2 rings (SSSR count). The minimum absolute atomic E-state index is 0.00523. The highest BCUT2D eigenvalue weighted by atomic mass is 16.5. The highest BCUT2D eigenvalue weighted by Gasteiger charge is 2.44. The third-order valence-corrected chi connectivity index (χ3v) is 5.07. The van der Waals surface area contributed by atoms with Crippen LogP contribution >= 0.6 is 0 Å². The Bertz CT molecular complexity index is 251. The predicted octanol–water partition coefficient (Wildman–Crippen LogP) is 2.60. The van der Waals surface area contributed by atoms with Gasteiger partial charge in [0.05, 0.1) is 5.60 Å². The molecule has 1 aliphatic heterocycles. The van der Waals surface area contributed by atoms with E-state index < -0.39 is 0 Å². The second-order valence-electron chi connectivity index (χ2n) is 6.18. The van der Waals surface area contributed by atoms with Gasteiger partial charge in [-0.15, -0.1) is 0 Å². The summed E-state index contributed by atoms with van der Waals surface area (Å²) in [6.45, 7) is 4.07. The van der Waals surface area contributed by atoms with Crippen molar-refractivity contribution >= 4 is 0 Å². The van der Waals surface area contributed by atoms with Gasteiger partial charge in [0.25, 0.3) is 0 Å². The van der Waals surface area contributed by atoms with Gasteiger partial charge in [0.1, 0.15) is 0 Å². The number of rotatable bonds is 4. The van der Waals surface area contributed by atoms with E-state index in [1.807, 2.05) is 7.11 Å². The van der Waals surface area contributed by atoms with Crippen LogP contribution in [-0.2, 0) is 9.47 Å². The molecule has 0 radical (unpaired) electrons. The minimum atomic E-state index is -0.00523. The first-order valence-electron chi connectivity index (χ1n) is 7.52. The maximum absolute atomic E-state index is 5.98. The predicted molar refractivity (Wildman–Crippen MR) is 73.8 cm³/mol. The molecular formula is C15H29NO2. The van der Waals surface area contributed by atoms with Crippen molar-refractivity contribution in [3.05, 3.63) is 0 Å². The molecule has 3 atom stereocenters. The van der Waals surface area contributed by atoms with Crippen molar-refractivity contribution < 1.29 is 9.47 Å². The largest absolute Gasteiger partial charge is 0.381 e. The van der Waals surface area contributed by atoms with E-state index in [0.717, 1.165) is 37.9 Å². The lowest BCUT2D eigenvalue weighted by atomic mass is 9.71. The molecule has 0 aromatic carbocycles. The number of methoxy groups -OCH3 is 1. The number of hydrogen-bond donors (Lipinski definition) is 1. The van der Waals surface area contributed by atoms with Crippen LogP contribution in [0.15, 0.2) is 0 Å². The Balaban J connectivity index is 2.09. The Labute approximate surface area is 112 Å². The molecule has 2 fully saturated rings. The molecule has 1 saturated carbocycles. The summed E-state index contributed by atoms with van der Waals surface area (Å²) in [5.74, 6) is 1.63. The van der Waals surface area contributed by atoms with Gasteiger partial charge >= 0.3 is 0 Å². The van der Waals surface area contributed by atoms with Gasteiger partial charge in [-0.1, -0.05) is 19.8 Å². The minimum Gasteiger partial charge on any atom is -0.381 e. The normalized spacial score (nSPS) is 34.2. The number of nitrogens with one attached hydrogen (secondary N) is 1. The Morgan fingerprint density at radius 1 is 1.28 bits per heavy atom. The summed E-state index contributed by atoms with van der Waals surface area (Å²) in [5, 5.41) is 3.57. The van der Waals surface area contributed by atoms with E-state index >= 15 is 0 Å². The summed E-state index contributed by atoms with van der Waals surface area (Å²) >= 11 is 0. The maximum atomic E-state index is 5.98. The van der Waals surface area contributed by atoms with E-state index in [1.165, 1.54) is 25.7 Å². The monoisotopic (exact) mass is 255 g/mol. The van der Waals surface area contributed by atoms with Crippen LogP contribution in [0, 0.1) is 11.8 Å². The fourth-order valence-electron chi connectivity index (χ4n) is 4.07. The van der Waals surface area contributed by atoms with E-state index in [0.29, 0.717) is 6.04 Å². The highest BCUT2D eigenvalue weighted by molar-refractivity contribution is 4.98. The van der Waals surface area contributed by atoms with Gasteiger partial charge < -0.3 is 14.8 Å². The van der Waals surface area contributed by atoms with Crippen LogP contribution in [0.5, 0.6) is 0 Å². The molecular weight excluding hydrogens is 226 g/mol. The van der Waals surface area contributed by atoms with Crippen LogP contribution in [0.4, 0.5) is 0 Å². The Morgan fingerprint density at radius 2 is 2.00 bits per heavy atom. The molecule has 0 aromatic rings. The van der Waals surface area contributed by atoms with Crippen LogP contribution in [0.25, 0.3) is 0 Å². The van der Waals surface area contributed by atoms with Gasteiger partial charge in [-0.3, -0.25) is 0 Å². The van der Waals surface area contributed by atoms with Crippen molar-refractivity contribution in [1.29, 1.82) is 0 Å². The summed E-state index contributed by atoms with van der Waals surface area (Å²) in [4.78, 5) is 0. The first kappa shape index (κ1) is 14.3.